The van der Waals surface area contributed by atoms with Crippen LogP contribution in [0.4, 0.5) is 18.9 Å². The van der Waals surface area contributed by atoms with Crippen LogP contribution >= 0.6 is 0 Å². The maximum Gasteiger partial charge on any atom is 0.416 e. The first-order valence-electron chi connectivity index (χ1n) is 8.85. The molecule has 0 aliphatic carbocycles. The summed E-state index contributed by atoms with van der Waals surface area (Å²) in [5, 5.41) is 8.95. The smallest absolute Gasteiger partial charge is 0.306 e. The number of benzene rings is 2. The summed E-state index contributed by atoms with van der Waals surface area (Å²) in [6, 6.07) is 13.4. The molecule has 0 saturated heterocycles. The molecule has 0 spiro atoms. The van der Waals surface area contributed by atoms with E-state index in [1.165, 1.54) is 17.0 Å². The lowest BCUT2D eigenvalue weighted by Gasteiger charge is -2.18. The Kier molecular flexibility index (Phi) is 4.55. The van der Waals surface area contributed by atoms with Gasteiger partial charge in [-0.1, -0.05) is 12.1 Å². The van der Waals surface area contributed by atoms with E-state index >= 15 is 0 Å². The molecule has 0 unspecified atom stereocenters. The molecule has 0 radical (unpaired) electrons. The average Bonchev–Trinajstić information content (AvgIpc) is 3.17. The fourth-order valence-electron chi connectivity index (χ4n) is 3.46. The Balaban J connectivity index is 1.65. The Morgan fingerprint density at radius 3 is 2.34 bits per heavy atom. The summed E-state index contributed by atoms with van der Waals surface area (Å²) in [6.07, 6.45) is -0.523. The van der Waals surface area contributed by atoms with Gasteiger partial charge < -0.3 is 4.90 Å². The van der Waals surface area contributed by atoms with Gasteiger partial charge in [0.1, 0.15) is 0 Å². The van der Waals surface area contributed by atoms with Gasteiger partial charge in [0.25, 0.3) is 5.91 Å². The summed E-state index contributed by atoms with van der Waals surface area (Å²) in [6.45, 7) is 0.421. The van der Waals surface area contributed by atoms with Gasteiger partial charge in [-0.15, -0.1) is 0 Å². The summed E-state index contributed by atoms with van der Waals surface area (Å²) in [4.78, 5) is 18.7. The van der Waals surface area contributed by atoms with E-state index in [1.807, 2.05) is 12.1 Å². The first-order chi connectivity index (χ1) is 13.9. The maximum absolute atomic E-state index is 12.9. The molecule has 0 bridgehead atoms. The third-order valence-corrected chi connectivity index (χ3v) is 4.94. The Morgan fingerprint density at radius 2 is 1.72 bits per heavy atom. The van der Waals surface area contributed by atoms with Gasteiger partial charge in [0.05, 0.1) is 29.1 Å². The number of carbonyl (C=O) groups is 1. The van der Waals surface area contributed by atoms with Gasteiger partial charge >= 0.3 is 6.18 Å². The number of carbonyl (C=O) groups excluding carboxylic acids is 1. The number of hydrogen-bond acceptors (Lipinski definition) is 3. The lowest BCUT2D eigenvalue weighted by atomic mass is 9.99. The third kappa shape index (κ3) is 3.45. The largest absolute Gasteiger partial charge is 0.416 e. The number of pyridine rings is 1. The quantitative estimate of drug-likeness (QED) is 0.626. The number of hydrogen-bond donors (Lipinski definition) is 0. The van der Waals surface area contributed by atoms with Crippen molar-refractivity contribution in [2.24, 2.45) is 0 Å². The first-order valence-corrected chi connectivity index (χ1v) is 8.85. The molecule has 0 N–H and O–H groups in total. The highest BCUT2D eigenvalue weighted by Crippen LogP contribution is 2.36. The van der Waals surface area contributed by atoms with Crippen molar-refractivity contribution in [1.82, 2.24) is 4.98 Å². The molecule has 4 rings (SSSR count). The van der Waals surface area contributed by atoms with Crippen molar-refractivity contribution >= 4 is 11.6 Å². The number of anilines is 1. The number of rotatable bonds is 2. The second-order valence-electron chi connectivity index (χ2n) is 6.66. The van der Waals surface area contributed by atoms with E-state index in [-0.39, 0.29) is 11.5 Å². The second-order valence-corrected chi connectivity index (χ2v) is 6.66. The van der Waals surface area contributed by atoms with Gasteiger partial charge in [0.2, 0.25) is 0 Å². The minimum absolute atomic E-state index is 0.189. The van der Waals surface area contributed by atoms with Crippen molar-refractivity contribution in [3.05, 3.63) is 83.2 Å². The summed E-state index contributed by atoms with van der Waals surface area (Å²) in [5.74, 6) is -0.365. The molecule has 4 nitrogen and oxygen atoms in total. The minimum atomic E-state index is -4.44. The van der Waals surface area contributed by atoms with Crippen LogP contribution in [-0.2, 0) is 12.6 Å². The van der Waals surface area contributed by atoms with E-state index in [2.05, 4.69) is 11.1 Å². The molecule has 1 aliphatic heterocycles. The molecule has 0 atom stereocenters. The van der Waals surface area contributed by atoms with Crippen molar-refractivity contribution < 1.29 is 18.0 Å². The molecular formula is C22H14F3N3O. The number of fused-ring (bicyclic) bond motifs is 1. The number of amides is 1. The fourth-order valence-corrected chi connectivity index (χ4v) is 3.46. The topological polar surface area (TPSA) is 57.0 Å². The number of halogens is 3. The summed E-state index contributed by atoms with van der Waals surface area (Å²) >= 11 is 0. The van der Waals surface area contributed by atoms with Crippen LogP contribution in [0.25, 0.3) is 11.1 Å². The monoisotopic (exact) mass is 393 g/mol. The van der Waals surface area contributed by atoms with Crippen LogP contribution in [0.1, 0.15) is 27.0 Å². The average molecular weight is 393 g/mol. The van der Waals surface area contributed by atoms with Crippen molar-refractivity contribution in [2.45, 2.75) is 12.6 Å². The van der Waals surface area contributed by atoms with Crippen molar-refractivity contribution in [3.63, 3.8) is 0 Å². The fraction of sp³-hybridized carbons (Fsp3) is 0.136. The number of alkyl halides is 3. The van der Waals surface area contributed by atoms with E-state index in [1.54, 1.807) is 24.5 Å². The molecule has 2 aromatic carbocycles. The molecular weight excluding hydrogens is 379 g/mol. The molecule has 144 valence electrons. The van der Waals surface area contributed by atoms with Crippen LogP contribution < -0.4 is 4.90 Å². The molecule has 1 aromatic heterocycles. The third-order valence-electron chi connectivity index (χ3n) is 4.94. The van der Waals surface area contributed by atoms with Crippen LogP contribution in [0.2, 0.25) is 0 Å². The van der Waals surface area contributed by atoms with Gasteiger partial charge in [0.15, 0.2) is 0 Å². The predicted octanol–water partition coefficient (Wildman–Crippen LogP) is 4.84. The zero-order valence-electron chi connectivity index (χ0n) is 15.1. The van der Waals surface area contributed by atoms with E-state index in [0.717, 1.165) is 28.8 Å². The summed E-state index contributed by atoms with van der Waals surface area (Å²) < 4.78 is 38.3. The van der Waals surface area contributed by atoms with Crippen LogP contribution in [0.5, 0.6) is 0 Å². The zero-order valence-corrected chi connectivity index (χ0v) is 15.1. The highest BCUT2D eigenvalue weighted by molar-refractivity contribution is 6.07. The number of nitrogens with zero attached hydrogens (tertiary/aromatic N) is 3. The maximum atomic E-state index is 12.9. The van der Waals surface area contributed by atoms with Crippen molar-refractivity contribution in [3.8, 4) is 17.2 Å². The van der Waals surface area contributed by atoms with Crippen LogP contribution in [-0.4, -0.2) is 17.4 Å². The Bertz CT molecular complexity index is 1110. The standard InChI is InChI=1S/C22H14F3N3O/c23-22(24,25)17-7-5-16(6-8-17)21(29)28-10-9-18-19(12-27-13-20(18)28)15-3-1-14(11-26)2-4-15/h1-8,12-13H,9-10H2. The molecule has 1 aliphatic rings. The Hall–Kier alpha value is -3.66. The zero-order chi connectivity index (χ0) is 20.6. The second kappa shape index (κ2) is 7.06. The lowest BCUT2D eigenvalue weighted by Crippen LogP contribution is -2.29. The van der Waals surface area contributed by atoms with Gasteiger partial charge in [0, 0.05) is 23.9 Å². The first kappa shape index (κ1) is 18.7. The molecule has 0 fully saturated rings. The van der Waals surface area contributed by atoms with Crippen molar-refractivity contribution in [1.29, 1.82) is 5.26 Å². The van der Waals surface area contributed by atoms with Gasteiger partial charge in [-0.05, 0) is 53.9 Å². The predicted molar refractivity (Wildman–Crippen MR) is 101 cm³/mol. The lowest BCUT2D eigenvalue weighted by molar-refractivity contribution is -0.137. The molecule has 29 heavy (non-hydrogen) atoms. The van der Waals surface area contributed by atoms with Crippen LogP contribution in [0.3, 0.4) is 0 Å². The SMILES string of the molecule is N#Cc1ccc(-c2cncc3c2CCN3C(=O)c2ccc(C(F)(F)F)cc2)cc1. The van der Waals surface area contributed by atoms with Gasteiger partial charge in [-0.3, -0.25) is 9.78 Å². The van der Waals surface area contributed by atoms with Gasteiger partial charge in [-0.25, -0.2) is 0 Å². The normalized spacial score (nSPS) is 13.1. The van der Waals surface area contributed by atoms with Crippen LogP contribution in [0.15, 0.2) is 60.9 Å². The molecule has 7 heteroatoms. The van der Waals surface area contributed by atoms with E-state index in [9.17, 15) is 18.0 Å². The Labute approximate surface area is 164 Å². The highest BCUT2D eigenvalue weighted by Gasteiger charge is 2.32. The molecule has 2 heterocycles. The van der Waals surface area contributed by atoms with E-state index in [0.29, 0.717) is 24.2 Å². The van der Waals surface area contributed by atoms with E-state index in [4.69, 9.17) is 5.26 Å². The summed E-state index contributed by atoms with van der Waals surface area (Å²) in [7, 11) is 0. The number of aromatic nitrogens is 1. The van der Waals surface area contributed by atoms with Gasteiger partial charge in [-0.2, -0.15) is 18.4 Å². The van der Waals surface area contributed by atoms with Crippen molar-refractivity contribution in [2.75, 3.05) is 11.4 Å². The highest BCUT2D eigenvalue weighted by atomic mass is 19.4. The molecule has 3 aromatic rings. The summed E-state index contributed by atoms with van der Waals surface area (Å²) in [5.41, 5.74) is 3.30. The number of nitriles is 1. The molecule has 0 saturated carbocycles. The van der Waals surface area contributed by atoms with E-state index < -0.39 is 11.7 Å². The van der Waals surface area contributed by atoms with Crippen LogP contribution in [0, 0.1) is 11.3 Å². The molecule has 1 amide bonds. The minimum Gasteiger partial charge on any atom is -0.306 e. The Morgan fingerprint density at radius 1 is 1.03 bits per heavy atom.